The van der Waals surface area contributed by atoms with Gasteiger partial charge in [0.1, 0.15) is 19.0 Å². The molecule has 0 fully saturated rings. The molecule has 1 aliphatic rings. The highest BCUT2D eigenvalue weighted by Crippen LogP contribution is 2.34. The van der Waals surface area contributed by atoms with E-state index in [-0.39, 0.29) is 31.2 Å². The van der Waals surface area contributed by atoms with Crippen LogP contribution in [0.3, 0.4) is 0 Å². The van der Waals surface area contributed by atoms with Crippen LogP contribution < -0.4 is 10.1 Å². The van der Waals surface area contributed by atoms with E-state index in [0.29, 0.717) is 21.4 Å². The molecule has 0 bridgehead atoms. The number of para-hydroxylation sites is 1. The van der Waals surface area contributed by atoms with E-state index in [4.69, 9.17) is 32.7 Å². The molecule has 1 amide bonds. The van der Waals surface area contributed by atoms with Gasteiger partial charge in [0.05, 0.1) is 16.0 Å². The van der Waals surface area contributed by atoms with E-state index in [0.717, 1.165) is 0 Å². The number of hydrogen-bond donors (Lipinski definition) is 1. The van der Waals surface area contributed by atoms with Crippen molar-refractivity contribution < 1.29 is 23.5 Å². The van der Waals surface area contributed by atoms with E-state index in [1.165, 1.54) is 18.2 Å². The third-order valence-corrected chi connectivity index (χ3v) is 4.43. The minimum Gasteiger partial charge on any atom is -0.487 e. The topological polar surface area (TPSA) is 64.6 Å². The van der Waals surface area contributed by atoms with Crippen molar-refractivity contribution in [3.05, 3.63) is 57.8 Å². The number of rotatable bonds is 5. The first-order chi connectivity index (χ1) is 12.5. The standard InChI is InChI=1S/C18H14Cl2FNO4/c19-13-2-1-3-14(20)17(13)25-6-7-26-18(24)12-9-16(23)22-15-8-10(21)4-5-11(12)15/h1-5,8,12H,6-7,9H2,(H,22,23). The molecule has 1 atom stereocenters. The Labute approximate surface area is 159 Å². The third kappa shape index (κ3) is 4.08. The summed E-state index contributed by atoms with van der Waals surface area (Å²) in [6.07, 6.45) is -0.0608. The van der Waals surface area contributed by atoms with E-state index < -0.39 is 17.7 Å². The van der Waals surface area contributed by atoms with Crippen LogP contribution in [-0.2, 0) is 14.3 Å². The Bertz CT molecular complexity index is 839. The zero-order valence-corrected chi connectivity index (χ0v) is 14.9. The molecule has 8 heteroatoms. The van der Waals surface area contributed by atoms with Gasteiger partial charge in [-0.2, -0.15) is 0 Å². The summed E-state index contributed by atoms with van der Waals surface area (Å²) in [5.41, 5.74) is 0.799. The Hall–Kier alpha value is -2.31. The molecule has 26 heavy (non-hydrogen) atoms. The lowest BCUT2D eigenvalue weighted by atomic mass is 9.90. The summed E-state index contributed by atoms with van der Waals surface area (Å²) in [6, 6.07) is 8.83. The maximum Gasteiger partial charge on any atom is 0.314 e. The van der Waals surface area contributed by atoms with Gasteiger partial charge in [0.25, 0.3) is 0 Å². The van der Waals surface area contributed by atoms with Crippen LogP contribution in [0.2, 0.25) is 10.0 Å². The summed E-state index contributed by atoms with van der Waals surface area (Å²) < 4.78 is 24.0. The second kappa shape index (κ2) is 7.93. The zero-order valence-electron chi connectivity index (χ0n) is 13.4. The van der Waals surface area contributed by atoms with Crippen LogP contribution in [0.25, 0.3) is 0 Å². The molecule has 0 saturated heterocycles. The van der Waals surface area contributed by atoms with E-state index in [1.807, 2.05) is 0 Å². The van der Waals surface area contributed by atoms with Crippen LogP contribution >= 0.6 is 23.2 Å². The third-order valence-electron chi connectivity index (χ3n) is 3.83. The van der Waals surface area contributed by atoms with Crippen LogP contribution in [-0.4, -0.2) is 25.1 Å². The molecule has 5 nitrogen and oxygen atoms in total. The molecule has 0 radical (unpaired) electrons. The lowest BCUT2D eigenvalue weighted by Gasteiger charge is -2.24. The number of fused-ring (bicyclic) bond motifs is 1. The number of esters is 1. The number of carbonyl (C=O) groups is 2. The normalized spacial score (nSPS) is 15.8. The SMILES string of the molecule is O=C1CC(C(=O)OCCOc2c(Cl)cccc2Cl)c2ccc(F)cc2N1. The van der Waals surface area contributed by atoms with E-state index >= 15 is 0 Å². The van der Waals surface area contributed by atoms with Crippen molar-refractivity contribution in [2.45, 2.75) is 12.3 Å². The molecule has 136 valence electrons. The molecule has 3 rings (SSSR count). The average molecular weight is 398 g/mol. The van der Waals surface area contributed by atoms with Crippen molar-refractivity contribution in [3.63, 3.8) is 0 Å². The van der Waals surface area contributed by atoms with Crippen molar-refractivity contribution >= 4 is 40.8 Å². The molecule has 0 aliphatic carbocycles. The number of nitrogens with one attached hydrogen (secondary N) is 1. The maximum absolute atomic E-state index is 13.3. The first kappa shape index (κ1) is 18.5. The average Bonchev–Trinajstić information content (AvgIpc) is 2.59. The maximum atomic E-state index is 13.3. The molecule has 0 saturated carbocycles. The van der Waals surface area contributed by atoms with Gasteiger partial charge in [-0.05, 0) is 29.8 Å². The first-order valence-electron chi connectivity index (χ1n) is 7.78. The second-order valence-electron chi connectivity index (χ2n) is 5.60. The lowest BCUT2D eigenvalue weighted by Crippen LogP contribution is -2.29. The van der Waals surface area contributed by atoms with E-state index in [2.05, 4.69) is 5.32 Å². The Morgan fingerprint density at radius 2 is 1.92 bits per heavy atom. The summed E-state index contributed by atoms with van der Waals surface area (Å²) in [7, 11) is 0. The van der Waals surface area contributed by atoms with Crippen molar-refractivity contribution in [2.75, 3.05) is 18.5 Å². The number of halogens is 3. The molecular formula is C18H14Cl2FNO4. The van der Waals surface area contributed by atoms with Crippen molar-refractivity contribution in [1.82, 2.24) is 0 Å². The van der Waals surface area contributed by atoms with Gasteiger partial charge < -0.3 is 14.8 Å². The predicted molar refractivity (Wildman–Crippen MR) is 95.3 cm³/mol. The molecule has 0 aromatic heterocycles. The molecule has 2 aromatic rings. The Balaban J connectivity index is 1.60. The molecule has 1 N–H and O–H groups in total. The predicted octanol–water partition coefficient (Wildman–Crippen LogP) is 4.18. The van der Waals surface area contributed by atoms with Gasteiger partial charge in [-0.15, -0.1) is 0 Å². The minimum absolute atomic E-state index is 0.0460. The fourth-order valence-corrected chi connectivity index (χ4v) is 3.16. The minimum atomic E-state index is -0.789. The number of benzene rings is 2. The highest BCUT2D eigenvalue weighted by molar-refractivity contribution is 6.37. The van der Waals surface area contributed by atoms with Gasteiger partial charge >= 0.3 is 5.97 Å². The van der Waals surface area contributed by atoms with Gasteiger partial charge in [0.15, 0.2) is 5.75 Å². The summed E-state index contributed by atoms with van der Waals surface area (Å²) >= 11 is 12.0. The highest BCUT2D eigenvalue weighted by atomic mass is 35.5. The Morgan fingerprint density at radius 3 is 2.65 bits per heavy atom. The molecule has 0 spiro atoms. The molecule has 1 heterocycles. The molecule has 2 aromatic carbocycles. The van der Waals surface area contributed by atoms with Crippen molar-refractivity contribution in [3.8, 4) is 5.75 Å². The van der Waals surface area contributed by atoms with E-state index in [9.17, 15) is 14.0 Å². The Morgan fingerprint density at radius 1 is 1.19 bits per heavy atom. The smallest absolute Gasteiger partial charge is 0.314 e. The summed E-state index contributed by atoms with van der Waals surface area (Å²) in [5.74, 6) is -1.93. The van der Waals surface area contributed by atoms with Crippen LogP contribution in [0.15, 0.2) is 36.4 Å². The van der Waals surface area contributed by atoms with Gasteiger partial charge in [-0.25, -0.2) is 4.39 Å². The van der Waals surface area contributed by atoms with Gasteiger partial charge in [-0.3, -0.25) is 9.59 Å². The second-order valence-corrected chi connectivity index (χ2v) is 6.42. The fraction of sp³-hybridized carbons (Fsp3) is 0.222. The number of amides is 1. The van der Waals surface area contributed by atoms with Gasteiger partial charge in [0.2, 0.25) is 5.91 Å². The molecule has 1 unspecified atom stereocenters. The van der Waals surface area contributed by atoms with Gasteiger partial charge in [0, 0.05) is 12.1 Å². The quantitative estimate of drug-likeness (QED) is 0.606. The molecular weight excluding hydrogens is 384 g/mol. The monoisotopic (exact) mass is 397 g/mol. The first-order valence-corrected chi connectivity index (χ1v) is 8.54. The summed E-state index contributed by atoms with van der Waals surface area (Å²) in [6.45, 7) is -0.000578. The van der Waals surface area contributed by atoms with Crippen LogP contribution in [0, 0.1) is 5.82 Å². The summed E-state index contributed by atoms with van der Waals surface area (Å²) in [5, 5.41) is 3.25. The van der Waals surface area contributed by atoms with Crippen molar-refractivity contribution in [1.29, 1.82) is 0 Å². The van der Waals surface area contributed by atoms with Crippen LogP contribution in [0.1, 0.15) is 17.9 Å². The van der Waals surface area contributed by atoms with Gasteiger partial charge in [-0.1, -0.05) is 35.3 Å². The number of carbonyl (C=O) groups excluding carboxylic acids is 2. The fourth-order valence-electron chi connectivity index (χ4n) is 2.65. The number of anilines is 1. The van der Waals surface area contributed by atoms with Crippen molar-refractivity contribution in [2.24, 2.45) is 0 Å². The summed E-state index contributed by atoms with van der Waals surface area (Å²) in [4.78, 5) is 24.1. The molecule has 1 aliphatic heterocycles. The highest BCUT2D eigenvalue weighted by Gasteiger charge is 2.32. The largest absolute Gasteiger partial charge is 0.487 e. The van der Waals surface area contributed by atoms with Crippen LogP contribution in [0.5, 0.6) is 5.75 Å². The lowest BCUT2D eigenvalue weighted by molar-refractivity contribution is -0.147. The van der Waals surface area contributed by atoms with Crippen LogP contribution in [0.4, 0.5) is 10.1 Å². The Kier molecular flexibility index (Phi) is 5.64. The van der Waals surface area contributed by atoms with E-state index in [1.54, 1.807) is 18.2 Å². The number of ether oxygens (including phenoxy) is 2. The number of hydrogen-bond acceptors (Lipinski definition) is 4. The zero-order chi connectivity index (χ0) is 18.7.